The molecule has 0 atom stereocenters. The van der Waals surface area contributed by atoms with Crippen LogP contribution in [0, 0.1) is 0 Å². The molecule has 0 unspecified atom stereocenters. The first-order valence-electron chi connectivity index (χ1n) is 9.99. The molecule has 0 aliphatic rings. The molecule has 0 bridgehead atoms. The molecule has 0 aliphatic carbocycles. The molecule has 32 heavy (non-hydrogen) atoms. The van der Waals surface area contributed by atoms with E-state index in [-0.39, 0.29) is 18.3 Å². The Hall–Kier alpha value is -3.81. The second kappa shape index (κ2) is 9.13. The maximum absolute atomic E-state index is 11.6. The van der Waals surface area contributed by atoms with Gasteiger partial charge in [0.15, 0.2) is 5.41 Å². The fourth-order valence-electron chi connectivity index (χ4n) is 3.19. The number of rotatable bonds is 9. The van der Waals surface area contributed by atoms with Crippen molar-refractivity contribution >= 4 is 22.8 Å². The van der Waals surface area contributed by atoms with Crippen molar-refractivity contribution in [3.05, 3.63) is 59.8 Å². The van der Waals surface area contributed by atoms with E-state index in [1.807, 2.05) is 32.0 Å². The highest BCUT2D eigenvalue weighted by Gasteiger charge is 2.43. The van der Waals surface area contributed by atoms with Gasteiger partial charge in [-0.3, -0.25) is 14.6 Å². The number of hydrogen-bond donors (Lipinski definition) is 2. The first-order valence-corrected chi connectivity index (χ1v) is 9.99. The molecular weight excluding hydrogens is 414 g/mol. The summed E-state index contributed by atoms with van der Waals surface area (Å²) < 4.78 is 17.3. The summed E-state index contributed by atoms with van der Waals surface area (Å²) in [5, 5.41) is 19.7. The van der Waals surface area contributed by atoms with Gasteiger partial charge in [0.2, 0.25) is 0 Å². The number of benzene rings is 2. The van der Waals surface area contributed by atoms with E-state index in [1.54, 1.807) is 25.4 Å². The first kappa shape index (κ1) is 22.9. The van der Waals surface area contributed by atoms with Crippen molar-refractivity contribution in [2.24, 2.45) is 0 Å². The number of aromatic nitrogens is 1. The van der Waals surface area contributed by atoms with Crippen LogP contribution in [0.15, 0.2) is 48.7 Å². The molecule has 3 rings (SSSR count). The molecule has 0 amide bonds. The maximum atomic E-state index is 11.6. The van der Waals surface area contributed by atoms with Crippen LogP contribution in [0.4, 0.5) is 0 Å². The SMILES string of the molecule is COc1ccc2ncc(COc3cccc(C(C)(C(=O)O)C(=O)O)c3)c(OC(C)C)c2c1. The highest BCUT2D eigenvalue weighted by atomic mass is 16.5. The molecule has 0 saturated carbocycles. The highest BCUT2D eigenvalue weighted by Crippen LogP contribution is 2.33. The van der Waals surface area contributed by atoms with Gasteiger partial charge in [-0.25, -0.2) is 0 Å². The smallest absolute Gasteiger partial charge is 0.325 e. The number of carboxylic acid groups (broad SMARTS) is 2. The molecule has 2 N–H and O–H groups in total. The van der Waals surface area contributed by atoms with Gasteiger partial charge >= 0.3 is 11.9 Å². The molecule has 168 valence electrons. The molecule has 0 spiro atoms. The Balaban J connectivity index is 1.95. The Labute approximate surface area is 185 Å². The number of carbonyl (C=O) groups is 2. The third kappa shape index (κ3) is 4.44. The van der Waals surface area contributed by atoms with Crippen molar-refractivity contribution in [1.82, 2.24) is 4.98 Å². The zero-order valence-electron chi connectivity index (χ0n) is 18.3. The van der Waals surface area contributed by atoms with E-state index in [2.05, 4.69) is 4.98 Å². The predicted octanol–water partition coefficient (Wildman–Crippen LogP) is 4.04. The fraction of sp³-hybridized carbons (Fsp3) is 0.292. The molecule has 0 aliphatic heterocycles. The fourth-order valence-corrected chi connectivity index (χ4v) is 3.19. The molecule has 0 saturated heterocycles. The van der Waals surface area contributed by atoms with Crippen molar-refractivity contribution in [2.45, 2.75) is 38.9 Å². The summed E-state index contributed by atoms with van der Waals surface area (Å²) >= 11 is 0. The number of ether oxygens (including phenoxy) is 3. The van der Waals surface area contributed by atoms with Gasteiger partial charge in [0.1, 0.15) is 23.9 Å². The van der Waals surface area contributed by atoms with E-state index >= 15 is 0 Å². The summed E-state index contributed by atoms with van der Waals surface area (Å²) in [5.41, 5.74) is -0.559. The van der Waals surface area contributed by atoms with E-state index in [0.717, 1.165) is 17.8 Å². The van der Waals surface area contributed by atoms with Crippen molar-refractivity contribution in [3.63, 3.8) is 0 Å². The molecular formula is C24H25NO7. The number of aliphatic carboxylic acids is 2. The quantitative estimate of drug-likeness (QED) is 0.480. The molecule has 8 heteroatoms. The number of fused-ring (bicyclic) bond motifs is 1. The molecule has 1 heterocycles. The third-order valence-electron chi connectivity index (χ3n) is 5.11. The summed E-state index contributed by atoms with van der Waals surface area (Å²) in [5.74, 6) is -1.30. The predicted molar refractivity (Wildman–Crippen MR) is 117 cm³/mol. The molecule has 0 radical (unpaired) electrons. The lowest BCUT2D eigenvalue weighted by molar-refractivity contribution is -0.156. The second-order valence-corrected chi connectivity index (χ2v) is 7.71. The van der Waals surface area contributed by atoms with Gasteiger partial charge in [-0.05, 0) is 56.7 Å². The van der Waals surface area contributed by atoms with Crippen LogP contribution in [0.1, 0.15) is 31.9 Å². The minimum Gasteiger partial charge on any atom is -0.497 e. The van der Waals surface area contributed by atoms with Gasteiger partial charge in [0.05, 0.1) is 24.3 Å². The molecule has 2 aromatic carbocycles. The maximum Gasteiger partial charge on any atom is 0.325 e. The average molecular weight is 439 g/mol. The van der Waals surface area contributed by atoms with Crippen LogP contribution in [0.25, 0.3) is 10.9 Å². The van der Waals surface area contributed by atoms with Crippen molar-refractivity contribution in [3.8, 4) is 17.2 Å². The van der Waals surface area contributed by atoms with E-state index in [9.17, 15) is 19.8 Å². The van der Waals surface area contributed by atoms with Crippen LogP contribution in [0.5, 0.6) is 17.2 Å². The molecule has 0 fully saturated rings. The Bertz CT molecular complexity index is 1140. The first-order chi connectivity index (χ1) is 15.2. The largest absolute Gasteiger partial charge is 0.497 e. The summed E-state index contributed by atoms with van der Waals surface area (Å²) in [7, 11) is 1.58. The van der Waals surface area contributed by atoms with E-state index in [4.69, 9.17) is 14.2 Å². The second-order valence-electron chi connectivity index (χ2n) is 7.71. The van der Waals surface area contributed by atoms with Crippen molar-refractivity contribution < 1.29 is 34.0 Å². The standard InChI is InChI=1S/C24H25NO7/c1-14(2)32-21-15(12-25-20-9-8-17(30-4)11-19(20)21)13-31-18-7-5-6-16(10-18)24(3,22(26)27)23(28)29/h5-12,14H,13H2,1-4H3,(H,26,27)(H,28,29). The average Bonchev–Trinajstić information content (AvgIpc) is 2.77. The van der Waals surface area contributed by atoms with Gasteiger partial charge in [-0.1, -0.05) is 12.1 Å². The van der Waals surface area contributed by atoms with Crippen LogP contribution in [0.2, 0.25) is 0 Å². The zero-order valence-corrected chi connectivity index (χ0v) is 18.3. The molecule has 3 aromatic rings. The monoisotopic (exact) mass is 439 g/mol. The topological polar surface area (TPSA) is 115 Å². The van der Waals surface area contributed by atoms with Gasteiger partial charge in [-0.2, -0.15) is 0 Å². The summed E-state index contributed by atoms with van der Waals surface area (Å²) in [6.45, 7) is 5.06. The van der Waals surface area contributed by atoms with E-state index < -0.39 is 17.4 Å². The number of methoxy groups -OCH3 is 1. The van der Waals surface area contributed by atoms with Crippen LogP contribution in [0.3, 0.4) is 0 Å². The van der Waals surface area contributed by atoms with Crippen LogP contribution < -0.4 is 14.2 Å². The summed E-state index contributed by atoms with van der Waals surface area (Å²) in [6.07, 6.45) is 1.57. The number of nitrogens with zero attached hydrogens (tertiary/aromatic N) is 1. The van der Waals surface area contributed by atoms with E-state index in [0.29, 0.717) is 22.8 Å². The molecule has 8 nitrogen and oxygen atoms in total. The van der Waals surface area contributed by atoms with Gasteiger partial charge < -0.3 is 24.4 Å². The van der Waals surface area contributed by atoms with Gasteiger partial charge in [-0.15, -0.1) is 0 Å². The lowest BCUT2D eigenvalue weighted by atomic mass is 9.82. The normalized spacial score (nSPS) is 11.4. The Morgan fingerprint density at radius 3 is 2.41 bits per heavy atom. The third-order valence-corrected chi connectivity index (χ3v) is 5.11. The van der Waals surface area contributed by atoms with Crippen molar-refractivity contribution in [1.29, 1.82) is 0 Å². The minimum absolute atomic E-state index is 0.0858. The lowest BCUT2D eigenvalue weighted by Crippen LogP contribution is -2.40. The van der Waals surface area contributed by atoms with Crippen molar-refractivity contribution in [2.75, 3.05) is 7.11 Å². The Morgan fingerprint density at radius 1 is 1.06 bits per heavy atom. The van der Waals surface area contributed by atoms with Crippen LogP contribution >= 0.6 is 0 Å². The molecule has 1 aromatic heterocycles. The summed E-state index contributed by atoms with van der Waals surface area (Å²) in [6, 6.07) is 11.6. The minimum atomic E-state index is -2.09. The number of carboxylic acids is 2. The van der Waals surface area contributed by atoms with Crippen LogP contribution in [-0.4, -0.2) is 40.3 Å². The number of hydrogen-bond acceptors (Lipinski definition) is 6. The van der Waals surface area contributed by atoms with Crippen LogP contribution in [-0.2, 0) is 21.6 Å². The summed E-state index contributed by atoms with van der Waals surface area (Å²) in [4.78, 5) is 27.7. The highest BCUT2D eigenvalue weighted by molar-refractivity contribution is 6.04. The Kier molecular flexibility index (Phi) is 6.53. The van der Waals surface area contributed by atoms with Gasteiger partial charge in [0.25, 0.3) is 0 Å². The Morgan fingerprint density at radius 2 is 1.78 bits per heavy atom. The van der Waals surface area contributed by atoms with E-state index in [1.165, 1.54) is 12.1 Å². The van der Waals surface area contributed by atoms with Gasteiger partial charge in [0, 0.05) is 11.6 Å². The zero-order chi connectivity index (χ0) is 23.5. The number of pyridine rings is 1. The lowest BCUT2D eigenvalue weighted by Gasteiger charge is -2.21.